The van der Waals surface area contributed by atoms with Crippen molar-refractivity contribution in [2.45, 2.75) is 0 Å². The molecule has 0 spiro atoms. The van der Waals surface area contributed by atoms with Gasteiger partial charge in [-0.25, -0.2) is 0 Å². The van der Waals surface area contributed by atoms with Crippen molar-refractivity contribution in [2.75, 3.05) is 0 Å². The predicted octanol–water partition coefficient (Wildman–Crippen LogP) is 4.21. The van der Waals surface area contributed by atoms with Crippen LogP contribution in [0.1, 0.15) is 0 Å². The lowest BCUT2D eigenvalue weighted by Crippen LogP contribution is -1.87. The maximum Gasteiger partial charge on any atom is 0.155 e. The molecule has 3 heteroatoms. The quantitative estimate of drug-likeness (QED) is 0.669. The molecular weight excluding hydrogens is 337 g/mol. The molecular formula is C15H10INO. The van der Waals surface area contributed by atoms with E-state index in [1.165, 1.54) is 0 Å². The fourth-order valence-corrected chi connectivity index (χ4v) is 2.62. The van der Waals surface area contributed by atoms with E-state index in [1.54, 1.807) is 6.20 Å². The number of aromatic nitrogens is 1. The lowest BCUT2D eigenvalue weighted by atomic mass is 10.0. The zero-order chi connectivity index (χ0) is 12.5. The zero-order valence-electron chi connectivity index (χ0n) is 9.47. The standard InChI is InChI=1S/C15H10INO/c16-13-9-12(10-5-2-1-3-6-10)11-7-4-8-17-14(11)15(13)18/h1-9,18H. The van der Waals surface area contributed by atoms with Crippen LogP contribution in [-0.4, -0.2) is 10.1 Å². The molecule has 0 bridgehead atoms. The van der Waals surface area contributed by atoms with Gasteiger partial charge in [0.25, 0.3) is 0 Å². The first-order valence-corrected chi connectivity index (χ1v) is 6.67. The van der Waals surface area contributed by atoms with Gasteiger partial charge in [-0.15, -0.1) is 0 Å². The number of aromatic hydroxyl groups is 1. The van der Waals surface area contributed by atoms with E-state index in [1.807, 2.05) is 36.4 Å². The maximum absolute atomic E-state index is 10.1. The summed E-state index contributed by atoms with van der Waals surface area (Å²) in [6, 6.07) is 16.0. The average molecular weight is 347 g/mol. The molecule has 0 unspecified atom stereocenters. The van der Waals surface area contributed by atoms with Crippen LogP contribution in [0.25, 0.3) is 22.0 Å². The van der Waals surface area contributed by atoms with E-state index in [0.29, 0.717) is 5.52 Å². The summed E-state index contributed by atoms with van der Waals surface area (Å²) in [7, 11) is 0. The van der Waals surface area contributed by atoms with Gasteiger partial charge in [-0.2, -0.15) is 0 Å². The second kappa shape index (κ2) is 4.57. The molecule has 3 aromatic rings. The summed E-state index contributed by atoms with van der Waals surface area (Å²) >= 11 is 2.13. The second-order valence-electron chi connectivity index (χ2n) is 4.02. The highest BCUT2D eigenvalue weighted by Crippen LogP contribution is 2.36. The van der Waals surface area contributed by atoms with Crippen LogP contribution in [0.2, 0.25) is 0 Å². The summed E-state index contributed by atoms with van der Waals surface area (Å²) in [6.07, 6.45) is 1.70. The predicted molar refractivity (Wildman–Crippen MR) is 81.6 cm³/mol. The van der Waals surface area contributed by atoms with Gasteiger partial charge in [0, 0.05) is 11.6 Å². The van der Waals surface area contributed by atoms with E-state index < -0.39 is 0 Å². The van der Waals surface area contributed by atoms with Crippen molar-refractivity contribution in [3.05, 3.63) is 58.3 Å². The molecule has 3 rings (SSSR count). The minimum atomic E-state index is 0.255. The van der Waals surface area contributed by atoms with Gasteiger partial charge in [-0.3, -0.25) is 4.98 Å². The number of phenols is 1. The highest BCUT2D eigenvalue weighted by molar-refractivity contribution is 14.1. The number of fused-ring (bicyclic) bond motifs is 1. The van der Waals surface area contributed by atoms with Crippen LogP contribution in [0, 0.1) is 3.57 Å². The van der Waals surface area contributed by atoms with E-state index in [9.17, 15) is 5.11 Å². The Morgan fingerprint density at radius 2 is 1.78 bits per heavy atom. The number of benzene rings is 2. The van der Waals surface area contributed by atoms with Gasteiger partial charge in [0.1, 0.15) is 5.52 Å². The minimum Gasteiger partial charge on any atom is -0.505 e. The first-order chi connectivity index (χ1) is 8.77. The number of pyridine rings is 1. The summed E-state index contributed by atoms with van der Waals surface area (Å²) in [4.78, 5) is 4.27. The van der Waals surface area contributed by atoms with Gasteiger partial charge >= 0.3 is 0 Å². The largest absolute Gasteiger partial charge is 0.505 e. The lowest BCUT2D eigenvalue weighted by molar-refractivity contribution is 0.476. The molecule has 0 aliphatic rings. The third-order valence-corrected chi connectivity index (χ3v) is 3.73. The van der Waals surface area contributed by atoms with Gasteiger partial charge in [0.2, 0.25) is 0 Å². The lowest BCUT2D eigenvalue weighted by Gasteiger charge is -2.09. The van der Waals surface area contributed by atoms with Gasteiger partial charge in [-0.1, -0.05) is 36.4 Å². The van der Waals surface area contributed by atoms with Crippen molar-refractivity contribution in [3.63, 3.8) is 0 Å². The van der Waals surface area contributed by atoms with Gasteiger partial charge in [0.05, 0.1) is 3.57 Å². The van der Waals surface area contributed by atoms with Crippen molar-refractivity contribution in [2.24, 2.45) is 0 Å². The van der Waals surface area contributed by atoms with Crippen molar-refractivity contribution >= 4 is 33.5 Å². The van der Waals surface area contributed by atoms with Crippen LogP contribution in [-0.2, 0) is 0 Å². The molecule has 0 aliphatic heterocycles. The number of hydrogen-bond acceptors (Lipinski definition) is 2. The smallest absolute Gasteiger partial charge is 0.155 e. The Hall–Kier alpha value is -1.62. The SMILES string of the molecule is Oc1c(I)cc(-c2ccccc2)c2cccnc12. The molecule has 18 heavy (non-hydrogen) atoms. The summed E-state index contributed by atoms with van der Waals surface area (Å²) in [5, 5.41) is 11.0. The molecule has 2 aromatic carbocycles. The normalized spacial score (nSPS) is 10.7. The molecule has 88 valence electrons. The Bertz CT molecular complexity index is 710. The minimum absolute atomic E-state index is 0.255. The molecule has 0 aliphatic carbocycles. The van der Waals surface area contributed by atoms with Crippen molar-refractivity contribution in [3.8, 4) is 16.9 Å². The zero-order valence-corrected chi connectivity index (χ0v) is 11.6. The summed E-state index contributed by atoms with van der Waals surface area (Å²) in [5.41, 5.74) is 2.89. The maximum atomic E-state index is 10.1. The van der Waals surface area contributed by atoms with Crippen LogP contribution in [0.4, 0.5) is 0 Å². The van der Waals surface area contributed by atoms with Gasteiger partial charge < -0.3 is 5.11 Å². The Balaban J connectivity index is 2.40. The average Bonchev–Trinajstić information content (AvgIpc) is 2.44. The Morgan fingerprint density at radius 3 is 2.56 bits per heavy atom. The van der Waals surface area contributed by atoms with E-state index in [-0.39, 0.29) is 5.75 Å². The molecule has 1 aromatic heterocycles. The fourth-order valence-electron chi connectivity index (χ4n) is 2.05. The molecule has 1 N–H and O–H groups in total. The number of nitrogens with zero attached hydrogens (tertiary/aromatic N) is 1. The molecule has 1 heterocycles. The summed E-state index contributed by atoms with van der Waals surface area (Å²) in [6.45, 7) is 0. The monoisotopic (exact) mass is 347 g/mol. The molecule has 2 nitrogen and oxygen atoms in total. The molecule has 0 amide bonds. The van der Waals surface area contributed by atoms with Gasteiger partial charge in [0.15, 0.2) is 5.75 Å². The van der Waals surface area contributed by atoms with E-state index >= 15 is 0 Å². The van der Waals surface area contributed by atoms with Crippen molar-refractivity contribution in [1.82, 2.24) is 4.98 Å². The van der Waals surface area contributed by atoms with Crippen LogP contribution in [0.5, 0.6) is 5.75 Å². The first kappa shape index (κ1) is 11.5. The van der Waals surface area contributed by atoms with Crippen LogP contribution in [0.3, 0.4) is 0 Å². The topological polar surface area (TPSA) is 33.1 Å². The molecule has 0 saturated heterocycles. The Morgan fingerprint density at radius 1 is 1.00 bits per heavy atom. The van der Waals surface area contributed by atoms with E-state index in [0.717, 1.165) is 20.1 Å². The van der Waals surface area contributed by atoms with E-state index in [2.05, 4.69) is 39.7 Å². The Labute approximate surface area is 118 Å². The third-order valence-electron chi connectivity index (χ3n) is 2.90. The molecule has 0 radical (unpaired) electrons. The molecule has 0 saturated carbocycles. The summed E-state index contributed by atoms with van der Waals surface area (Å²) in [5.74, 6) is 0.255. The van der Waals surface area contributed by atoms with Crippen LogP contribution < -0.4 is 0 Å². The van der Waals surface area contributed by atoms with E-state index in [4.69, 9.17) is 0 Å². The molecule has 0 atom stereocenters. The summed E-state index contributed by atoms with van der Waals surface area (Å²) < 4.78 is 0.817. The number of halogens is 1. The van der Waals surface area contributed by atoms with Crippen molar-refractivity contribution < 1.29 is 5.11 Å². The van der Waals surface area contributed by atoms with Crippen LogP contribution in [0.15, 0.2) is 54.7 Å². The fraction of sp³-hybridized carbons (Fsp3) is 0. The van der Waals surface area contributed by atoms with Crippen LogP contribution >= 0.6 is 22.6 Å². The Kier molecular flexibility index (Phi) is 2.91. The first-order valence-electron chi connectivity index (χ1n) is 5.59. The van der Waals surface area contributed by atoms with Gasteiger partial charge in [-0.05, 0) is 45.9 Å². The third kappa shape index (κ3) is 1.84. The number of phenolic OH excluding ortho intramolecular Hbond substituents is 1. The number of rotatable bonds is 1. The number of hydrogen-bond donors (Lipinski definition) is 1. The van der Waals surface area contributed by atoms with Crippen molar-refractivity contribution in [1.29, 1.82) is 0 Å². The second-order valence-corrected chi connectivity index (χ2v) is 5.18. The highest BCUT2D eigenvalue weighted by Gasteiger charge is 2.11. The molecule has 0 fully saturated rings. The highest BCUT2D eigenvalue weighted by atomic mass is 127.